The summed E-state index contributed by atoms with van der Waals surface area (Å²) < 4.78 is 43.7. The van der Waals surface area contributed by atoms with Crippen LogP contribution in [-0.2, 0) is 36.5 Å². The van der Waals surface area contributed by atoms with E-state index in [2.05, 4.69) is 28.8 Å². The number of nitrogens with zero attached hydrogens (tertiary/aromatic N) is 2. The van der Waals surface area contributed by atoms with Gasteiger partial charge in [-0.1, -0.05) is 49.7 Å². The van der Waals surface area contributed by atoms with Crippen molar-refractivity contribution in [1.82, 2.24) is 14.3 Å². The van der Waals surface area contributed by atoms with Crippen LogP contribution in [0.5, 0.6) is 0 Å². The van der Waals surface area contributed by atoms with Crippen molar-refractivity contribution in [2.24, 2.45) is 13.0 Å². The van der Waals surface area contributed by atoms with Gasteiger partial charge in [0.2, 0.25) is 0 Å². The Labute approximate surface area is 177 Å². The highest BCUT2D eigenvalue weighted by Crippen LogP contribution is 2.42. The molecule has 2 unspecified atom stereocenters. The van der Waals surface area contributed by atoms with Crippen LogP contribution < -0.4 is 4.72 Å². The lowest BCUT2D eigenvalue weighted by atomic mass is 9.85. The van der Waals surface area contributed by atoms with E-state index in [9.17, 15) is 12.8 Å². The van der Waals surface area contributed by atoms with Crippen LogP contribution >= 0.6 is 0 Å². The van der Waals surface area contributed by atoms with Crippen LogP contribution in [0, 0.1) is 11.7 Å². The van der Waals surface area contributed by atoms with Crippen molar-refractivity contribution in [3.05, 3.63) is 83.1 Å². The largest absolute Gasteiger partial charge is 0.339 e. The number of hydrogen-bond donors (Lipinski definition) is 1. The molecule has 1 N–H and O–H groups in total. The molecular formula is C23H26FN3O2S. The molecule has 2 atom stereocenters. The van der Waals surface area contributed by atoms with E-state index in [0.717, 1.165) is 30.4 Å². The van der Waals surface area contributed by atoms with Crippen LogP contribution in [-0.4, -0.2) is 18.0 Å². The summed E-state index contributed by atoms with van der Waals surface area (Å²) in [5.41, 5.74) is 3.80. The molecule has 0 bridgehead atoms. The predicted octanol–water partition coefficient (Wildman–Crippen LogP) is 3.95. The Morgan fingerprint density at radius 1 is 1.23 bits per heavy atom. The Bertz CT molecular complexity index is 1140. The third kappa shape index (κ3) is 4.18. The van der Waals surface area contributed by atoms with E-state index in [4.69, 9.17) is 0 Å². The zero-order valence-electron chi connectivity index (χ0n) is 17.2. The first-order valence-corrected chi connectivity index (χ1v) is 11.7. The Morgan fingerprint density at radius 3 is 2.67 bits per heavy atom. The standard InChI is InChI=1S/C23H26FN3O2S/c1-3-17-10-18-12-22(24)19(13-26-30(28,29)23-14-27(2)15-25-23)11-21(18)20(17)9-16-7-5-4-6-8-16/h4-8,11-12,14-15,17,20,26H,3,9-10,13H2,1-2H3. The fourth-order valence-corrected chi connectivity index (χ4v) is 5.35. The van der Waals surface area contributed by atoms with Crippen molar-refractivity contribution in [2.75, 3.05) is 0 Å². The van der Waals surface area contributed by atoms with Crippen LogP contribution in [0.4, 0.5) is 4.39 Å². The second-order valence-corrected chi connectivity index (χ2v) is 9.73. The van der Waals surface area contributed by atoms with Crippen molar-refractivity contribution >= 4 is 10.0 Å². The summed E-state index contributed by atoms with van der Waals surface area (Å²) in [5.74, 6) is 0.395. The molecule has 30 heavy (non-hydrogen) atoms. The van der Waals surface area contributed by atoms with Crippen molar-refractivity contribution in [3.8, 4) is 0 Å². The van der Waals surface area contributed by atoms with Crippen LogP contribution in [0.15, 0.2) is 60.0 Å². The van der Waals surface area contributed by atoms with Gasteiger partial charge in [0.05, 0.1) is 6.33 Å². The summed E-state index contributed by atoms with van der Waals surface area (Å²) in [4.78, 5) is 3.88. The third-order valence-electron chi connectivity index (χ3n) is 5.99. The van der Waals surface area contributed by atoms with Gasteiger partial charge in [-0.05, 0) is 47.4 Å². The van der Waals surface area contributed by atoms with Crippen LogP contribution in [0.3, 0.4) is 0 Å². The van der Waals surface area contributed by atoms with E-state index < -0.39 is 10.0 Å². The van der Waals surface area contributed by atoms with Gasteiger partial charge in [-0.3, -0.25) is 0 Å². The van der Waals surface area contributed by atoms with Gasteiger partial charge in [-0.15, -0.1) is 0 Å². The van der Waals surface area contributed by atoms with Gasteiger partial charge in [-0.25, -0.2) is 22.5 Å². The Kier molecular flexibility index (Phi) is 5.75. The summed E-state index contributed by atoms with van der Waals surface area (Å²) in [6.45, 7) is 2.07. The molecule has 1 aliphatic rings. The van der Waals surface area contributed by atoms with Crippen molar-refractivity contribution in [1.29, 1.82) is 0 Å². The molecule has 0 saturated heterocycles. The molecule has 0 fully saturated rings. The number of imidazole rings is 1. The Balaban J connectivity index is 1.59. The summed E-state index contributed by atoms with van der Waals surface area (Å²) in [5, 5.41) is -0.0698. The quantitative estimate of drug-likeness (QED) is 0.621. The minimum atomic E-state index is -3.79. The van der Waals surface area contributed by atoms with Gasteiger partial charge in [0.15, 0.2) is 5.03 Å². The molecule has 5 nitrogen and oxygen atoms in total. The smallest absolute Gasteiger partial charge is 0.259 e. The number of aromatic nitrogens is 2. The van der Waals surface area contributed by atoms with E-state index in [1.54, 1.807) is 17.7 Å². The number of aryl methyl sites for hydroxylation is 1. The molecule has 4 rings (SSSR count). The molecule has 2 aromatic carbocycles. The molecule has 0 radical (unpaired) electrons. The number of hydrogen-bond acceptors (Lipinski definition) is 3. The van der Waals surface area contributed by atoms with E-state index in [0.29, 0.717) is 17.4 Å². The number of sulfonamides is 1. The first kappa shape index (κ1) is 20.8. The first-order valence-electron chi connectivity index (χ1n) is 10.2. The van der Waals surface area contributed by atoms with Gasteiger partial charge in [-0.2, -0.15) is 0 Å². The lowest BCUT2D eigenvalue weighted by Crippen LogP contribution is -2.24. The molecule has 1 aromatic heterocycles. The average Bonchev–Trinajstić information content (AvgIpc) is 3.31. The molecule has 158 valence electrons. The topological polar surface area (TPSA) is 64.0 Å². The van der Waals surface area contributed by atoms with E-state index in [-0.39, 0.29) is 17.4 Å². The maximum Gasteiger partial charge on any atom is 0.259 e. The molecule has 0 aliphatic heterocycles. The fraction of sp³-hybridized carbons (Fsp3) is 0.348. The van der Waals surface area contributed by atoms with Crippen LogP contribution in [0.25, 0.3) is 0 Å². The number of rotatable bonds is 7. The first-order chi connectivity index (χ1) is 14.4. The molecule has 0 saturated carbocycles. The molecule has 1 heterocycles. The number of halogens is 1. The summed E-state index contributed by atoms with van der Waals surface area (Å²) in [6, 6.07) is 13.8. The summed E-state index contributed by atoms with van der Waals surface area (Å²) in [7, 11) is -2.10. The number of fused-ring (bicyclic) bond motifs is 1. The maximum atomic E-state index is 14.8. The van der Waals surface area contributed by atoms with Crippen molar-refractivity contribution in [3.63, 3.8) is 0 Å². The second-order valence-electron chi connectivity index (χ2n) is 8.01. The van der Waals surface area contributed by atoms with Crippen molar-refractivity contribution < 1.29 is 12.8 Å². The zero-order valence-corrected chi connectivity index (χ0v) is 18.0. The average molecular weight is 428 g/mol. The van der Waals surface area contributed by atoms with E-state index in [1.165, 1.54) is 18.1 Å². The molecule has 0 spiro atoms. The van der Waals surface area contributed by atoms with E-state index >= 15 is 0 Å². The van der Waals surface area contributed by atoms with E-state index in [1.807, 2.05) is 24.3 Å². The van der Waals surface area contributed by atoms with Crippen LogP contribution in [0.2, 0.25) is 0 Å². The SMILES string of the molecule is CCC1Cc2cc(F)c(CNS(=O)(=O)c3cn(C)cn3)cc2C1Cc1ccccc1. The number of nitrogens with one attached hydrogen (secondary N) is 1. The highest BCUT2D eigenvalue weighted by Gasteiger charge is 2.32. The molecule has 7 heteroatoms. The van der Waals surface area contributed by atoms with Gasteiger partial charge in [0.1, 0.15) is 5.82 Å². The molecule has 1 aliphatic carbocycles. The predicted molar refractivity (Wildman–Crippen MR) is 114 cm³/mol. The zero-order chi connectivity index (χ0) is 21.3. The monoisotopic (exact) mass is 427 g/mol. The van der Waals surface area contributed by atoms with Gasteiger partial charge in [0, 0.05) is 25.4 Å². The highest BCUT2D eigenvalue weighted by molar-refractivity contribution is 7.89. The Hall–Kier alpha value is -2.51. The fourth-order valence-electron chi connectivity index (χ4n) is 4.36. The maximum absolute atomic E-state index is 14.8. The van der Waals surface area contributed by atoms with Gasteiger partial charge in [0.25, 0.3) is 10.0 Å². The molecule has 3 aromatic rings. The van der Waals surface area contributed by atoms with Gasteiger partial charge < -0.3 is 4.57 Å². The summed E-state index contributed by atoms with van der Waals surface area (Å²) >= 11 is 0. The number of benzene rings is 2. The lowest BCUT2D eigenvalue weighted by Gasteiger charge is -2.20. The second kappa shape index (κ2) is 8.32. The van der Waals surface area contributed by atoms with Crippen molar-refractivity contribution in [2.45, 2.75) is 43.7 Å². The molecule has 0 amide bonds. The Morgan fingerprint density at radius 2 is 2.00 bits per heavy atom. The highest BCUT2D eigenvalue weighted by atomic mass is 32.2. The van der Waals surface area contributed by atoms with Crippen LogP contribution in [0.1, 0.15) is 41.5 Å². The van der Waals surface area contributed by atoms with Gasteiger partial charge >= 0.3 is 0 Å². The normalized spacial score (nSPS) is 18.5. The lowest BCUT2D eigenvalue weighted by molar-refractivity contribution is 0.440. The third-order valence-corrected chi connectivity index (χ3v) is 7.28. The molecular weight excluding hydrogens is 401 g/mol. The summed E-state index contributed by atoms with van der Waals surface area (Å²) in [6.07, 6.45) is 5.62. The minimum Gasteiger partial charge on any atom is -0.339 e. The minimum absolute atomic E-state index is 0.0698.